The number of ether oxygens (including phenoxy) is 2. The van der Waals surface area contributed by atoms with Crippen molar-refractivity contribution < 1.29 is 9.47 Å². The lowest BCUT2D eigenvalue weighted by atomic mass is 10.2. The van der Waals surface area contributed by atoms with Crippen LogP contribution in [0.4, 0.5) is 5.95 Å². The average molecular weight is 283 g/mol. The van der Waals surface area contributed by atoms with Crippen LogP contribution in [0, 0.1) is 6.92 Å². The van der Waals surface area contributed by atoms with E-state index >= 15 is 0 Å². The van der Waals surface area contributed by atoms with Gasteiger partial charge in [0.15, 0.2) is 0 Å². The van der Waals surface area contributed by atoms with Gasteiger partial charge in [-0.05, 0) is 42.8 Å². The third kappa shape index (κ3) is 2.16. The minimum Gasteiger partial charge on any atom is -0.497 e. The minimum atomic E-state index is 0.447. The van der Waals surface area contributed by atoms with Crippen molar-refractivity contribution in [1.29, 1.82) is 0 Å². The Labute approximate surface area is 122 Å². The van der Waals surface area contributed by atoms with Crippen molar-refractivity contribution in [3.63, 3.8) is 0 Å². The Balaban J connectivity index is 2.23. The minimum absolute atomic E-state index is 0.447. The topological polar surface area (TPSA) is 62.3 Å². The number of hydrogen-bond donors (Lipinski definition) is 1. The van der Waals surface area contributed by atoms with Gasteiger partial charge < -0.3 is 15.2 Å². The number of anilines is 1. The van der Waals surface area contributed by atoms with Crippen molar-refractivity contribution in [3.8, 4) is 17.2 Å². The maximum atomic E-state index is 6.08. The molecule has 1 heterocycles. The molecule has 0 aliphatic rings. The average Bonchev–Trinajstić information content (AvgIpc) is 2.81. The molecule has 5 heteroatoms. The third-order valence-corrected chi connectivity index (χ3v) is 3.52. The van der Waals surface area contributed by atoms with E-state index in [-0.39, 0.29) is 0 Å². The van der Waals surface area contributed by atoms with Crippen LogP contribution in [0.25, 0.3) is 16.7 Å². The molecule has 5 nitrogen and oxygen atoms in total. The van der Waals surface area contributed by atoms with Crippen LogP contribution in [-0.4, -0.2) is 23.8 Å². The summed E-state index contributed by atoms with van der Waals surface area (Å²) in [6, 6.07) is 11.6. The molecule has 0 amide bonds. The first-order valence-electron chi connectivity index (χ1n) is 6.61. The van der Waals surface area contributed by atoms with Gasteiger partial charge in [-0.3, -0.25) is 4.57 Å². The van der Waals surface area contributed by atoms with Crippen LogP contribution in [0.5, 0.6) is 11.5 Å². The number of benzene rings is 2. The summed E-state index contributed by atoms with van der Waals surface area (Å²) >= 11 is 0. The molecule has 2 aromatic carbocycles. The molecule has 21 heavy (non-hydrogen) atoms. The molecule has 3 rings (SSSR count). The molecular formula is C16H17N3O2. The number of nitrogens with zero attached hydrogens (tertiary/aromatic N) is 2. The third-order valence-electron chi connectivity index (χ3n) is 3.52. The lowest BCUT2D eigenvalue weighted by Crippen LogP contribution is -2.01. The number of aromatic nitrogens is 2. The second-order valence-electron chi connectivity index (χ2n) is 4.81. The van der Waals surface area contributed by atoms with E-state index in [1.165, 1.54) is 0 Å². The zero-order valence-electron chi connectivity index (χ0n) is 12.3. The summed E-state index contributed by atoms with van der Waals surface area (Å²) in [4.78, 5) is 4.39. The smallest absolute Gasteiger partial charge is 0.205 e. The number of nitrogens with two attached hydrogens (primary N) is 1. The van der Waals surface area contributed by atoms with Crippen LogP contribution in [0.15, 0.2) is 36.4 Å². The van der Waals surface area contributed by atoms with E-state index in [1.807, 2.05) is 47.9 Å². The number of hydrogen-bond acceptors (Lipinski definition) is 4. The molecule has 0 aliphatic heterocycles. The van der Waals surface area contributed by atoms with E-state index in [2.05, 4.69) is 4.98 Å². The maximum absolute atomic E-state index is 6.08. The second-order valence-corrected chi connectivity index (χ2v) is 4.81. The molecule has 0 saturated carbocycles. The van der Waals surface area contributed by atoms with Gasteiger partial charge in [0.25, 0.3) is 0 Å². The Morgan fingerprint density at radius 1 is 1.05 bits per heavy atom. The van der Waals surface area contributed by atoms with Gasteiger partial charge in [-0.2, -0.15) is 0 Å². The van der Waals surface area contributed by atoms with E-state index in [0.29, 0.717) is 5.95 Å². The van der Waals surface area contributed by atoms with Crippen LogP contribution in [-0.2, 0) is 0 Å². The molecule has 3 aromatic rings. The highest BCUT2D eigenvalue weighted by Gasteiger charge is 2.12. The van der Waals surface area contributed by atoms with Gasteiger partial charge >= 0.3 is 0 Å². The predicted molar refractivity (Wildman–Crippen MR) is 83.3 cm³/mol. The fraction of sp³-hybridized carbons (Fsp3) is 0.188. The molecule has 0 radical (unpaired) electrons. The highest BCUT2D eigenvalue weighted by molar-refractivity contribution is 5.82. The van der Waals surface area contributed by atoms with Crippen LogP contribution in [0.3, 0.4) is 0 Å². The molecule has 0 atom stereocenters. The summed E-state index contributed by atoms with van der Waals surface area (Å²) in [7, 11) is 3.30. The first kappa shape index (κ1) is 13.3. The number of aryl methyl sites for hydroxylation is 1. The number of rotatable bonds is 3. The Morgan fingerprint density at radius 2 is 1.86 bits per heavy atom. The highest BCUT2D eigenvalue weighted by atomic mass is 16.5. The second kappa shape index (κ2) is 5.01. The van der Waals surface area contributed by atoms with Gasteiger partial charge in [-0.15, -0.1) is 0 Å². The zero-order chi connectivity index (χ0) is 15.0. The van der Waals surface area contributed by atoms with E-state index < -0.39 is 0 Å². The van der Waals surface area contributed by atoms with Gasteiger partial charge in [0.1, 0.15) is 11.5 Å². The molecule has 0 bridgehead atoms. The molecule has 0 spiro atoms. The summed E-state index contributed by atoms with van der Waals surface area (Å²) in [6.07, 6.45) is 0. The van der Waals surface area contributed by atoms with E-state index in [4.69, 9.17) is 15.2 Å². The SMILES string of the molecule is COc1ccc2nc(N)n(-c3ccc(OC)c(C)c3)c2c1. The number of methoxy groups -OCH3 is 2. The highest BCUT2D eigenvalue weighted by Crippen LogP contribution is 2.28. The molecule has 0 aliphatic carbocycles. The largest absolute Gasteiger partial charge is 0.497 e. The van der Waals surface area contributed by atoms with E-state index in [0.717, 1.165) is 33.8 Å². The normalized spacial score (nSPS) is 10.8. The van der Waals surface area contributed by atoms with Crippen molar-refractivity contribution in [3.05, 3.63) is 42.0 Å². The molecule has 0 unspecified atom stereocenters. The molecule has 1 aromatic heterocycles. The quantitative estimate of drug-likeness (QED) is 0.802. The van der Waals surface area contributed by atoms with Crippen LogP contribution in [0.2, 0.25) is 0 Å². The van der Waals surface area contributed by atoms with Crippen molar-refractivity contribution in [2.75, 3.05) is 20.0 Å². The summed E-state index contributed by atoms with van der Waals surface area (Å²) in [6.45, 7) is 2.00. The molecule has 2 N–H and O–H groups in total. The molecule has 0 saturated heterocycles. The van der Waals surface area contributed by atoms with Gasteiger partial charge in [-0.25, -0.2) is 4.98 Å². The maximum Gasteiger partial charge on any atom is 0.205 e. The lowest BCUT2D eigenvalue weighted by molar-refractivity contribution is 0.411. The predicted octanol–water partition coefficient (Wildman–Crippen LogP) is 2.93. The molecule has 108 valence electrons. The molecular weight excluding hydrogens is 266 g/mol. The van der Waals surface area contributed by atoms with Crippen molar-refractivity contribution in [2.45, 2.75) is 6.92 Å². The first-order chi connectivity index (χ1) is 10.1. The summed E-state index contributed by atoms with van der Waals surface area (Å²) in [5.74, 6) is 2.07. The lowest BCUT2D eigenvalue weighted by Gasteiger charge is -2.10. The van der Waals surface area contributed by atoms with Gasteiger partial charge in [0.05, 0.1) is 25.3 Å². The van der Waals surface area contributed by atoms with Crippen molar-refractivity contribution >= 4 is 17.0 Å². The van der Waals surface area contributed by atoms with E-state index in [1.54, 1.807) is 14.2 Å². The molecule has 0 fully saturated rings. The Hall–Kier alpha value is -2.69. The summed E-state index contributed by atoms with van der Waals surface area (Å²) in [5, 5.41) is 0. The first-order valence-corrected chi connectivity index (χ1v) is 6.61. The number of nitrogen functional groups attached to an aromatic ring is 1. The fourth-order valence-electron chi connectivity index (χ4n) is 2.47. The monoisotopic (exact) mass is 283 g/mol. The van der Waals surface area contributed by atoms with E-state index in [9.17, 15) is 0 Å². The Morgan fingerprint density at radius 3 is 2.52 bits per heavy atom. The van der Waals surface area contributed by atoms with Crippen LogP contribution < -0.4 is 15.2 Å². The fourth-order valence-corrected chi connectivity index (χ4v) is 2.47. The van der Waals surface area contributed by atoms with Crippen molar-refractivity contribution in [1.82, 2.24) is 9.55 Å². The number of imidazole rings is 1. The standard InChI is InChI=1S/C16H17N3O2/c1-10-8-11(4-7-15(10)21-3)19-14-9-12(20-2)5-6-13(14)18-16(19)17/h4-9H,1-3H3,(H2,17,18). The zero-order valence-corrected chi connectivity index (χ0v) is 12.3. The summed E-state index contributed by atoms with van der Waals surface area (Å²) < 4.78 is 12.5. The van der Waals surface area contributed by atoms with Gasteiger partial charge in [-0.1, -0.05) is 0 Å². The Kier molecular flexibility index (Phi) is 3.17. The van der Waals surface area contributed by atoms with Crippen LogP contribution in [0.1, 0.15) is 5.56 Å². The van der Waals surface area contributed by atoms with Gasteiger partial charge in [0.2, 0.25) is 5.95 Å². The number of fused-ring (bicyclic) bond motifs is 1. The Bertz CT molecular complexity index is 809. The van der Waals surface area contributed by atoms with Crippen LogP contribution >= 0.6 is 0 Å². The van der Waals surface area contributed by atoms with Gasteiger partial charge in [0, 0.05) is 11.8 Å². The summed E-state index contributed by atoms with van der Waals surface area (Å²) in [5.41, 5.74) is 9.81. The van der Waals surface area contributed by atoms with Crippen molar-refractivity contribution in [2.24, 2.45) is 0 Å².